The van der Waals surface area contributed by atoms with E-state index in [1.807, 2.05) is 6.92 Å². The summed E-state index contributed by atoms with van der Waals surface area (Å²) in [6.45, 7) is 5.00. The molecule has 1 N–H and O–H groups in total. The molecule has 1 saturated heterocycles. The van der Waals surface area contributed by atoms with Crippen LogP contribution in [0.3, 0.4) is 0 Å². The summed E-state index contributed by atoms with van der Waals surface area (Å²) < 4.78 is 0. The smallest absolute Gasteiger partial charge is 0.225 e. The molecule has 4 atom stereocenters. The van der Waals surface area contributed by atoms with Crippen LogP contribution in [0, 0.1) is 11.8 Å². The molecule has 0 radical (unpaired) electrons. The van der Waals surface area contributed by atoms with E-state index in [2.05, 4.69) is 11.8 Å². The lowest BCUT2D eigenvalue weighted by Gasteiger charge is -2.41. The Labute approximate surface area is 111 Å². The molecule has 0 spiro atoms. The second-order valence-corrected chi connectivity index (χ2v) is 6.07. The van der Waals surface area contributed by atoms with Gasteiger partial charge >= 0.3 is 0 Å². The van der Waals surface area contributed by atoms with Crippen LogP contribution in [0.4, 0.5) is 0 Å². The van der Waals surface area contributed by atoms with E-state index in [1.165, 1.54) is 6.42 Å². The Hall–Kier alpha value is -0.570. The van der Waals surface area contributed by atoms with Gasteiger partial charge in [-0.2, -0.15) is 0 Å². The van der Waals surface area contributed by atoms with E-state index in [1.54, 1.807) is 0 Å². The van der Waals surface area contributed by atoms with Gasteiger partial charge in [0.1, 0.15) is 0 Å². The van der Waals surface area contributed by atoms with E-state index in [0.717, 1.165) is 45.1 Å². The van der Waals surface area contributed by atoms with Gasteiger partial charge in [0, 0.05) is 24.4 Å². The number of amides is 1. The van der Waals surface area contributed by atoms with Gasteiger partial charge in [-0.25, -0.2) is 0 Å². The Balaban J connectivity index is 2.08. The van der Waals surface area contributed by atoms with Crippen LogP contribution in [0.1, 0.15) is 58.8 Å². The van der Waals surface area contributed by atoms with E-state index < -0.39 is 0 Å². The molecule has 104 valence electrons. The standard InChI is InChI=1S/C15H27NO2/c1-3-11(2)15(18)16-10-5-4-8-13(16)12-7-6-9-14(12)17/h11-14,17H,3-10H2,1-2H3. The van der Waals surface area contributed by atoms with Crippen LogP contribution in [0.25, 0.3) is 0 Å². The molecule has 1 saturated carbocycles. The van der Waals surface area contributed by atoms with Gasteiger partial charge in [0.2, 0.25) is 5.91 Å². The molecule has 3 heteroatoms. The molecule has 0 aromatic rings. The average molecular weight is 253 g/mol. The zero-order valence-electron chi connectivity index (χ0n) is 11.8. The van der Waals surface area contributed by atoms with Crippen molar-refractivity contribution in [1.29, 1.82) is 0 Å². The monoisotopic (exact) mass is 253 g/mol. The lowest BCUT2D eigenvalue weighted by atomic mass is 9.87. The van der Waals surface area contributed by atoms with E-state index in [4.69, 9.17) is 0 Å². The predicted molar refractivity (Wildman–Crippen MR) is 72.2 cm³/mol. The molecule has 2 rings (SSSR count). The Bertz CT molecular complexity index is 292. The number of nitrogens with zero attached hydrogens (tertiary/aromatic N) is 1. The third-order valence-electron chi connectivity index (χ3n) is 4.89. The quantitative estimate of drug-likeness (QED) is 0.840. The summed E-state index contributed by atoms with van der Waals surface area (Å²) in [4.78, 5) is 14.5. The highest BCUT2D eigenvalue weighted by molar-refractivity contribution is 5.78. The highest BCUT2D eigenvalue weighted by Crippen LogP contribution is 2.35. The van der Waals surface area contributed by atoms with Gasteiger partial charge in [-0.1, -0.05) is 20.3 Å². The molecule has 4 unspecified atom stereocenters. The Morgan fingerprint density at radius 1 is 1.28 bits per heavy atom. The van der Waals surface area contributed by atoms with Crippen LogP contribution in [0.15, 0.2) is 0 Å². The zero-order chi connectivity index (χ0) is 13.1. The molecule has 1 heterocycles. The van der Waals surface area contributed by atoms with Crippen molar-refractivity contribution < 1.29 is 9.90 Å². The van der Waals surface area contributed by atoms with Gasteiger partial charge in [0.15, 0.2) is 0 Å². The lowest BCUT2D eigenvalue weighted by molar-refractivity contribution is -0.141. The van der Waals surface area contributed by atoms with Gasteiger partial charge in [0.25, 0.3) is 0 Å². The molecule has 1 amide bonds. The zero-order valence-corrected chi connectivity index (χ0v) is 11.8. The van der Waals surface area contributed by atoms with Crippen LogP contribution in [-0.2, 0) is 4.79 Å². The lowest BCUT2D eigenvalue weighted by Crippen LogP contribution is -2.50. The van der Waals surface area contributed by atoms with Crippen molar-refractivity contribution in [3.05, 3.63) is 0 Å². The molecule has 0 aromatic heterocycles. The molecule has 1 aliphatic heterocycles. The largest absolute Gasteiger partial charge is 0.393 e. The minimum atomic E-state index is -0.180. The maximum atomic E-state index is 12.4. The normalized spacial score (nSPS) is 34.6. The second kappa shape index (κ2) is 6.05. The number of rotatable bonds is 3. The van der Waals surface area contributed by atoms with Crippen LogP contribution < -0.4 is 0 Å². The molecule has 2 fully saturated rings. The minimum absolute atomic E-state index is 0.129. The van der Waals surface area contributed by atoms with Gasteiger partial charge in [-0.15, -0.1) is 0 Å². The molecular formula is C15H27NO2. The fourth-order valence-corrected chi connectivity index (χ4v) is 3.55. The van der Waals surface area contributed by atoms with E-state index >= 15 is 0 Å². The fraction of sp³-hybridized carbons (Fsp3) is 0.933. The first kappa shape index (κ1) is 13.9. The third kappa shape index (κ3) is 2.71. The Kier molecular flexibility index (Phi) is 4.66. The summed E-state index contributed by atoms with van der Waals surface area (Å²) in [5.74, 6) is 0.767. The summed E-state index contributed by atoms with van der Waals surface area (Å²) in [5.41, 5.74) is 0. The number of hydrogen-bond acceptors (Lipinski definition) is 2. The highest BCUT2D eigenvalue weighted by Gasteiger charge is 2.39. The van der Waals surface area contributed by atoms with Crippen LogP contribution in [0.5, 0.6) is 0 Å². The van der Waals surface area contributed by atoms with Crippen LogP contribution in [-0.4, -0.2) is 34.6 Å². The molecular weight excluding hydrogens is 226 g/mol. The average Bonchev–Trinajstić information content (AvgIpc) is 2.83. The molecule has 18 heavy (non-hydrogen) atoms. The first-order valence-electron chi connectivity index (χ1n) is 7.63. The van der Waals surface area contributed by atoms with Crippen molar-refractivity contribution in [3.8, 4) is 0 Å². The Morgan fingerprint density at radius 2 is 2.06 bits per heavy atom. The van der Waals surface area contributed by atoms with Crippen LogP contribution in [0.2, 0.25) is 0 Å². The van der Waals surface area contributed by atoms with Gasteiger partial charge in [-0.3, -0.25) is 4.79 Å². The number of aliphatic hydroxyl groups excluding tert-OH is 1. The SMILES string of the molecule is CCC(C)C(=O)N1CCCCC1C1CCCC1O. The maximum Gasteiger partial charge on any atom is 0.225 e. The van der Waals surface area contributed by atoms with Crippen molar-refractivity contribution >= 4 is 5.91 Å². The number of likely N-dealkylation sites (tertiary alicyclic amines) is 1. The predicted octanol–water partition coefficient (Wildman–Crippen LogP) is 2.57. The van der Waals surface area contributed by atoms with Crippen molar-refractivity contribution in [2.24, 2.45) is 11.8 Å². The molecule has 2 aliphatic rings. The summed E-state index contributed by atoms with van der Waals surface area (Å²) in [6, 6.07) is 0.303. The van der Waals surface area contributed by atoms with E-state index in [-0.39, 0.29) is 12.0 Å². The first-order chi connectivity index (χ1) is 8.65. The number of carbonyl (C=O) groups is 1. The molecule has 1 aliphatic carbocycles. The van der Waals surface area contributed by atoms with E-state index in [0.29, 0.717) is 17.9 Å². The highest BCUT2D eigenvalue weighted by atomic mass is 16.3. The molecule has 0 bridgehead atoms. The third-order valence-corrected chi connectivity index (χ3v) is 4.89. The Morgan fingerprint density at radius 3 is 2.67 bits per heavy atom. The number of aliphatic hydroxyl groups is 1. The summed E-state index contributed by atoms with van der Waals surface area (Å²) in [7, 11) is 0. The fourth-order valence-electron chi connectivity index (χ4n) is 3.55. The van der Waals surface area contributed by atoms with Crippen LogP contribution >= 0.6 is 0 Å². The van der Waals surface area contributed by atoms with Gasteiger partial charge < -0.3 is 10.0 Å². The number of carbonyl (C=O) groups excluding carboxylic acids is 1. The number of hydrogen-bond donors (Lipinski definition) is 1. The summed E-state index contributed by atoms with van der Waals surface area (Å²) in [6.07, 6.45) is 7.29. The minimum Gasteiger partial charge on any atom is -0.393 e. The summed E-state index contributed by atoms with van der Waals surface area (Å²) in [5, 5.41) is 10.1. The van der Waals surface area contributed by atoms with Crippen molar-refractivity contribution in [2.45, 2.75) is 70.9 Å². The molecule has 3 nitrogen and oxygen atoms in total. The van der Waals surface area contributed by atoms with Crippen molar-refractivity contribution in [2.75, 3.05) is 6.54 Å². The van der Waals surface area contributed by atoms with Gasteiger partial charge in [0.05, 0.1) is 6.10 Å². The second-order valence-electron chi connectivity index (χ2n) is 6.07. The molecule has 0 aromatic carbocycles. The first-order valence-corrected chi connectivity index (χ1v) is 7.63. The maximum absolute atomic E-state index is 12.4. The summed E-state index contributed by atoms with van der Waals surface area (Å²) >= 11 is 0. The van der Waals surface area contributed by atoms with Gasteiger partial charge in [-0.05, 0) is 38.5 Å². The topological polar surface area (TPSA) is 40.5 Å². The van der Waals surface area contributed by atoms with Crippen molar-refractivity contribution in [1.82, 2.24) is 4.90 Å². The number of piperidine rings is 1. The van der Waals surface area contributed by atoms with E-state index in [9.17, 15) is 9.90 Å². The van der Waals surface area contributed by atoms with Crippen molar-refractivity contribution in [3.63, 3.8) is 0 Å².